The summed E-state index contributed by atoms with van der Waals surface area (Å²) in [6.07, 6.45) is 2.06. The Labute approximate surface area is 144 Å². The highest BCUT2D eigenvalue weighted by Crippen LogP contribution is 2.42. The molecule has 0 atom stereocenters. The number of aryl methyl sites for hydroxylation is 1. The van der Waals surface area contributed by atoms with Crippen molar-refractivity contribution in [3.05, 3.63) is 33.8 Å². The van der Waals surface area contributed by atoms with E-state index in [0.717, 1.165) is 23.0 Å². The summed E-state index contributed by atoms with van der Waals surface area (Å²) in [4.78, 5) is 0. The number of nitrogens with zero attached hydrogens (tertiary/aromatic N) is 1. The molecule has 0 N–H and O–H groups in total. The third-order valence-electron chi connectivity index (χ3n) is 5.04. The maximum atomic E-state index is 6.41. The van der Waals surface area contributed by atoms with Crippen LogP contribution in [0.25, 0.3) is 0 Å². The lowest BCUT2D eigenvalue weighted by atomic mass is 10.1. The molecular formula is C18H28BrNOSi. The van der Waals surface area contributed by atoms with Gasteiger partial charge in [-0.3, -0.25) is 0 Å². The molecular weight excluding hydrogens is 354 g/mol. The Kier molecular flexibility index (Phi) is 5.54. The molecule has 0 saturated carbocycles. The average molecular weight is 382 g/mol. The van der Waals surface area contributed by atoms with Crippen LogP contribution in [0.3, 0.4) is 0 Å². The van der Waals surface area contributed by atoms with Gasteiger partial charge in [0.05, 0.1) is 5.71 Å². The molecule has 0 aliphatic heterocycles. The Balaban J connectivity index is 2.33. The second-order valence-corrected chi connectivity index (χ2v) is 13.5. The van der Waals surface area contributed by atoms with Crippen molar-refractivity contribution >= 4 is 30.0 Å². The van der Waals surface area contributed by atoms with E-state index in [1.807, 2.05) is 0 Å². The minimum absolute atomic E-state index is 0.556. The van der Waals surface area contributed by atoms with Crippen molar-refractivity contribution in [3.8, 4) is 0 Å². The minimum Gasteiger partial charge on any atom is -0.454 e. The summed E-state index contributed by atoms with van der Waals surface area (Å²) in [6.45, 7) is 13.8. The molecule has 0 saturated heterocycles. The number of fused-ring (bicyclic) bond motifs is 1. The maximum Gasteiger partial charge on any atom is 0.295 e. The monoisotopic (exact) mass is 381 g/mol. The molecule has 22 heavy (non-hydrogen) atoms. The third-order valence-corrected chi connectivity index (χ3v) is 11.3. The van der Waals surface area contributed by atoms with Crippen molar-refractivity contribution in [2.45, 2.75) is 71.0 Å². The zero-order chi connectivity index (χ0) is 16.5. The molecule has 1 aliphatic rings. The highest BCUT2D eigenvalue weighted by Gasteiger charge is 2.48. The Morgan fingerprint density at radius 3 is 2.14 bits per heavy atom. The van der Waals surface area contributed by atoms with Crippen molar-refractivity contribution in [1.29, 1.82) is 0 Å². The van der Waals surface area contributed by atoms with Crippen molar-refractivity contribution in [2.75, 3.05) is 0 Å². The molecule has 0 heterocycles. The van der Waals surface area contributed by atoms with Gasteiger partial charge in [-0.25, -0.2) is 0 Å². The van der Waals surface area contributed by atoms with Crippen LogP contribution in [0.2, 0.25) is 16.6 Å². The van der Waals surface area contributed by atoms with Gasteiger partial charge in [-0.1, -0.05) is 63.5 Å². The molecule has 1 aromatic rings. The predicted molar refractivity (Wildman–Crippen MR) is 101 cm³/mol. The van der Waals surface area contributed by atoms with Crippen molar-refractivity contribution in [1.82, 2.24) is 0 Å². The summed E-state index contributed by atoms with van der Waals surface area (Å²) in [5, 5.41) is 4.70. The van der Waals surface area contributed by atoms with Gasteiger partial charge in [0.2, 0.25) is 0 Å². The van der Waals surface area contributed by atoms with Gasteiger partial charge >= 0.3 is 0 Å². The Morgan fingerprint density at radius 1 is 1.00 bits per heavy atom. The van der Waals surface area contributed by atoms with Gasteiger partial charge in [0, 0.05) is 10.0 Å². The van der Waals surface area contributed by atoms with E-state index in [-0.39, 0.29) is 0 Å². The van der Waals surface area contributed by atoms with Gasteiger partial charge in [0.1, 0.15) is 0 Å². The molecule has 1 aliphatic carbocycles. The lowest BCUT2D eigenvalue weighted by Gasteiger charge is -2.39. The van der Waals surface area contributed by atoms with E-state index in [9.17, 15) is 0 Å². The lowest BCUT2D eigenvalue weighted by Crippen LogP contribution is -2.46. The highest BCUT2D eigenvalue weighted by atomic mass is 79.9. The van der Waals surface area contributed by atoms with Crippen LogP contribution < -0.4 is 0 Å². The highest BCUT2D eigenvalue weighted by molar-refractivity contribution is 9.10. The van der Waals surface area contributed by atoms with Gasteiger partial charge in [0.15, 0.2) is 0 Å². The van der Waals surface area contributed by atoms with E-state index in [0.29, 0.717) is 16.6 Å². The van der Waals surface area contributed by atoms with Crippen LogP contribution in [0.1, 0.15) is 59.1 Å². The third kappa shape index (κ3) is 3.18. The van der Waals surface area contributed by atoms with Crippen molar-refractivity contribution < 1.29 is 4.53 Å². The topological polar surface area (TPSA) is 21.6 Å². The fourth-order valence-electron chi connectivity index (χ4n) is 3.97. The molecule has 0 radical (unpaired) electrons. The Hall–Kier alpha value is -0.613. The number of hydrogen-bond acceptors (Lipinski definition) is 2. The van der Waals surface area contributed by atoms with E-state index in [4.69, 9.17) is 9.68 Å². The number of hydrogen-bond donors (Lipinski definition) is 0. The van der Waals surface area contributed by atoms with Crippen LogP contribution in [0, 0.1) is 0 Å². The average Bonchev–Trinajstić information content (AvgIpc) is 2.80. The largest absolute Gasteiger partial charge is 0.454 e. The smallest absolute Gasteiger partial charge is 0.295 e. The van der Waals surface area contributed by atoms with E-state index >= 15 is 0 Å². The first kappa shape index (κ1) is 17.7. The molecule has 0 aromatic heterocycles. The van der Waals surface area contributed by atoms with Gasteiger partial charge in [-0.15, -0.1) is 5.16 Å². The summed E-state index contributed by atoms with van der Waals surface area (Å²) in [5.41, 5.74) is 5.43. The summed E-state index contributed by atoms with van der Waals surface area (Å²) in [7, 11) is -1.93. The number of halogens is 1. The maximum absolute atomic E-state index is 6.41. The van der Waals surface area contributed by atoms with Crippen LogP contribution in [0.5, 0.6) is 0 Å². The van der Waals surface area contributed by atoms with Crippen LogP contribution in [0.15, 0.2) is 27.8 Å². The molecule has 2 nitrogen and oxygen atoms in total. The number of benzene rings is 1. The van der Waals surface area contributed by atoms with Gasteiger partial charge < -0.3 is 4.53 Å². The summed E-state index contributed by atoms with van der Waals surface area (Å²) >= 11 is 3.57. The Morgan fingerprint density at radius 2 is 1.59 bits per heavy atom. The molecule has 0 spiro atoms. The first-order valence-corrected chi connectivity index (χ1v) is 11.3. The quantitative estimate of drug-likeness (QED) is 0.433. The van der Waals surface area contributed by atoms with E-state index < -0.39 is 8.32 Å². The van der Waals surface area contributed by atoms with Crippen LogP contribution >= 0.6 is 15.9 Å². The Bertz CT molecular complexity index is 544. The van der Waals surface area contributed by atoms with E-state index in [1.54, 1.807) is 0 Å². The fourth-order valence-corrected chi connectivity index (χ4v) is 9.23. The molecule has 0 unspecified atom stereocenters. The molecule has 4 heteroatoms. The molecule has 0 amide bonds. The van der Waals surface area contributed by atoms with Gasteiger partial charge in [-0.05, 0) is 47.2 Å². The first-order valence-electron chi connectivity index (χ1n) is 8.32. The predicted octanol–water partition coefficient (Wildman–Crippen LogP) is 6.29. The van der Waals surface area contributed by atoms with Crippen LogP contribution in [-0.4, -0.2) is 14.0 Å². The van der Waals surface area contributed by atoms with E-state index in [1.165, 1.54) is 11.1 Å². The second-order valence-electron chi connectivity index (χ2n) is 7.25. The second kappa shape index (κ2) is 6.87. The number of oxime groups is 1. The van der Waals surface area contributed by atoms with E-state index in [2.05, 4.69) is 75.7 Å². The molecule has 0 bridgehead atoms. The minimum atomic E-state index is -1.93. The fraction of sp³-hybridized carbons (Fsp3) is 0.611. The standard InChI is InChI=1S/C18H28BrNOSi/c1-12(2)22(13(3)4,14(5)6)21-20-18-10-8-15-7-9-16(19)11-17(15)18/h7,9,11-14H,8,10H2,1-6H3. The van der Waals surface area contributed by atoms with Gasteiger partial charge in [0.25, 0.3) is 8.32 Å². The normalized spacial score (nSPS) is 16.9. The molecule has 122 valence electrons. The zero-order valence-electron chi connectivity index (χ0n) is 14.6. The van der Waals surface area contributed by atoms with Gasteiger partial charge in [-0.2, -0.15) is 0 Å². The molecule has 0 fully saturated rings. The van der Waals surface area contributed by atoms with Crippen molar-refractivity contribution in [3.63, 3.8) is 0 Å². The number of rotatable bonds is 5. The summed E-state index contributed by atoms with van der Waals surface area (Å²) in [5.74, 6) is 0. The SMILES string of the molecule is CC(C)[Si](ON=C1CCc2ccc(Br)cc21)(C(C)C)C(C)C. The van der Waals surface area contributed by atoms with Crippen LogP contribution in [-0.2, 0) is 10.9 Å². The van der Waals surface area contributed by atoms with Crippen LogP contribution in [0.4, 0.5) is 0 Å². The lowest BCUT2D eigenvalue weighted by molar-refractivity contribution is 0.296. The zero-order valence-corrected chi connectivity index (χ0v) is 17.2. The first-order chi connectivity index (χ1) is 10.3. The summed E-state index contributed by atoms with van der Waals surface area (Å²) in [6, 6.07) is 6.48. The molecule has 2 rings (SSSR count). The summed E-state index contributed by atoms with van der Waals surface area (Å²) < 4.78 is 7.52. The molecule has 1 aromatic carbocycles. The van der Waals surface area contributed by atoms with Crippen molar-refractivity contribution in [2.24, 2.45) is 5.16 Å².